The van der Waals surface area contributed by atoms with Crippen molar-refractivity contribution in [1.82, 2.24) is 24.6 Å². The molecule has 4 heterocycles. The number of anilines is 2. The van der Waals surface area contributed by atoms with Gasteiger partial charge in [-0.15, -0.1) is 0 Å². The fourth-order valence-corrected chi connectivity index (χ4v) is 5.14. The molecule has 0 bridgehead atoms. The number of carbonyl (C=O) groups excluding carboxylic acids is 3. The van der Waals surface area contributed by atoms with E-state index in [1.807, 2.05) is 29.2 Å². The summed E-state index contributed by atoms with van der Waals surface area (Å²) >= 11 is 0. The van der Waals surface area contributed by atoms with Crippen molar-refractivity contribution in [3.63, 3.8) is 0 Å². The molecule has 2 fully saturated rings. The number of halogens is 1. The normalized spacial score (nSPS) is 15.6. The second kappa shape index (κ2) is 12.0. The molecule has 2 aromatic carbocycles. The highest BCUT2D eigenvalue weighted by molar-refractivity contribution is 6.04. The predicted octanol–water partition coefficient (Wildman–Crippen LogP) is 2.64. The lowest BCUT2D eigenvalue weighted by molar-refractivity contribution is -0.133. The summed E-state index contributed by atoms with van der Waals surface area (Å²) in [7, 11) is 0. The maximum atomic E-state index is 14.9. The number of ether oxygens (including phenoxy) is 1. The van der Waals surface area contributed by atoms with Crippen LogP contribution in [0.15, 0.2) is 66.9 Å². The van der Waals surface area contributed by atoms with Gasteiger partial charge in [0.1, 0.15) is 23.9 Å². The Morgan fingerprint density at radius 2 is 1.62 bits per heavy atom. The van der Waals surface area contributed by atoms with Gasteiger partial charge in [0.25, 0.3) is 11.8 Å². The van der Waals surface area contributed by atoms with Crippen LogP contribution >= 0.6 is 0 Å². The standard InChI is InChI=1S/C30H30FN7O4/c31-23-18-25-22(17-26(23)33-29(40)24-7-4-8-27(32-24)35-13-15-42-16-14-35)19-38(34-25)20-28(39)36-9-11-37(12-10-36)30(41)21-5-2-1-3-6-21/h1-8,17-19H,9-16,20H2,(H,33,40). The number of pyridine rings is 1. The van der Waals surface area contributed by atoms with Crippen LogP contribution in [0.5, 0.6) is 0 Å². The van der Waals surface area contributed by atoms with Gasteiger partial charge in [0.15, 0.2) is 0 Å². The molecule has 0 saturated carbocycles. The van der Waals surface area contributed by atoms with Crippen molar-refractivity contribution in [2.45, 2.75) is 6.54 Å². The van der Waals surface area contributed by atoms with Gasteiger partial charge in [0, 0.05) is 62.5 Å². The SMILES string of the molecule is O=C(Nc1cc2cn(CC(=O)N3CCN(C(=O)c4ccccc4)CC3)nc2cc1F)c1cccc(N2CCOCC2)n1. The van der Waals surface area contributed by atoms with Gasteiger partial charge in [-0.2, -0.15) is 5.10 Å². The molecule has 6 rings (SSSR count). The average molecular weight is 572 g/mol. The molecule has 0 radical (unpaired) electrons. The van der Waals surface area contributed by atoms with E-state index in [0.29, 0.717) is 74.8 Å². The Hall–Kier alpha value is -4.84. The van der Waals surface area contributed by atoms with E-state index in [9.17, 15) is 18.8 Å². The molecule has 4 aromatic rings. The van der Waals surface area contributed by atoms with Gasteiger partial charge in [0.2, 0.25) is 5.91 Å². The van der Waals surface area contributed by atoms with Crippen LogP contribution in [-0.2, 0) is 16.1 Å². The predicted molar refractivity (Wildman–Crippen MR) is 154 cm³/mol. The Morgan fingerprint density at radius 1 is 0.881 bits per heavy atom. The van der Waals surface area contributed by atoms with Crippen LogP contribution in [0.4, 0.5) is 15.9 Å². The number of nitrogens with zero attached hydrogens (tertiary/aromatic N) is 6. The minimum atomic E-state index is -0.643. The zero-order valence-corrected chi connectivity index (χ0v) is 22.9. The molecule has 2 aliphatic heterocycles. The van der Waals surface area contributed by atoms with Crippen LogP contribution in [0.1, 0.15) is 20.8 Å². The maximum absolute atomic E-state index is 14.9. The number of hydrogen-bond donors (Lipinski definition) is 1. The first-order valence-corrected chi connectivity index (χ1v) is 13.8. The average Bonchev–Trinajstić information content (AvgIpc) is 3.42. The van der Waals surface area contributed by atoms with Crippen LogP contribution < -0.4 is 10.2 Å². The van der Waals surface area contributed by atoms with E-state index >= 15 is 0 Å². The monoisotopic (exact) mass is 571 g/mol. The number of carbonyl (C=O) groups is 3. The second-order valence-corrected chi connectivity index (χ2v) is 10.2. The second-order valence-electron chi connectivity index (χ2n) is 10.2. The molecule has 2 saturated heterocycles. The van der Waals surface area contributed by atoms with Gasteiger partial charge < -0.3 is 24.8 Å². The fourth-order valence-electron chi connectivity index (χ4n) is 5.14. The Labute approximate surface area is 241 Å². The van der Waals surface area contributed by atoms with Crippen molar-refractivity contribution in [3.8, 4) is 0 Å². The van der Waals surface area contributed by atoms with Crippen LogP contribution in [0.3, 0.4) is 0 Å². The van der Waals surface area contributed by atoms with E-state index in [-0.39, 0.29) is 29.7 Å². The summed E-state index contributed by atoms with van der Waals surface area (Å²) in [4.78, 5) is 48.5. The summed E-state index contributed by atoms with van der Waals surface area (Å²) in [5, 5.41) is 7.55. The van der Waals surface area contributed by atoms with E-state index < -0.39 is 11.7 Å². The lowest BCUT2D eigenvalue weighted by atomic mass is 10.2. The Morgan fingerprint density at radius 3 is 2.38 bits per heavy atom. The van der Waals surface area contributed by atoms with Gasteiger partial charge in [-0.3, -0.25) is 19.1 Å². The van der Waals surface area contributed by atoms with Crippen LogP contribution in [-0.4, -0.2) is 94.8 Å². The third kappa shape index (κ3) is 5.93. The molecule has 3 amide bonds. The van der Waals surface area contributed by atoms with Crippen molar-refractivity contribution in [1.29, 1.82) is 0 Å². The van der Waals surface area contributed by atoms with Gasteiger partial charge in [-0.1, -0.05) is 24.3 Å². The van der Waals surface area contributed by atoms with Crippen LogP contribution in [0, 0.1) is 5.82 Å². The molecule has 0 atom stereocenters. The smallest absolute Gasteiger partial charge is 0.274 e. The van der Waals surface area contributed by atoms with E-state index in [1.165, 1.54) is 16.8 Å². The highest BCUT2D eigenvalue weighted by Gasteiger charge is 2.25. The first-order chi connectivity index (χ1) is 20.4. The number of nitrogens with one attached hydrogen (secondary N) is 1. The topological polar surface area (TPSA) is 113 Å². The Balaban J connectivity index is 1.08. The van der Waals surface area contributed by atoms with Crippen LogP contribution in [0.2, 0.25) is 0 Å². The van der Waals surface area contributed by atoms with Crippen molar-refractivity contribution in [3.05, 3.63) is 83.9 Å². The minimum absolute atomic E-state index is 0.00356. The molecular weight excluding hydrogens is 541 g/mol. The number of hydrogen-bond acceptors (Lipinski definition) is 7. The number of fused-ring (bicyclic) bond motifs is 1. The molecule has 1 N–H and O–H groups in total. The van der Waals surface area contributed by atoms with Gasteiger partial charge in [-0.05, 0) is 30.3 Å². The molecule has 2 aliphatic rings. The number of piperazine rings is 1. The molecule has 11 nitrogen and oxygen atoms in total. The molecule has 0 unspecified atom stereocenters. The maximum Gasteiger partial charge on any atom is 0.274 e. The quantitative estimate of drug-likeness (QED) is 0.379. The van der Waals surface area contributed by atoms with Crippen molar-refractivity contribution in [2.24, 2.45) is 0 Å². The highest BCUT2D eigenvalue weighted by atomic mass is 19.1. The summed E-state index contributed by atoms with van der Waals surface area (Å²) < 4.78 is 21.8. The molecule has 216 valence electrons. The first kappa shape index (κ1) is 27.3. The van der Waals surface area contributed by atoms with Gasteiger partial charge in [0.05, 0.1) is 24.4 Å². The lowest BCUT2D eigenvalue weighted by Crippen LogP contribution is -2.51. The van der Waals surface area contributed by atoms with E-state index in [2.05, 4.69) is 15.4 Å². The van der Waals surface area contributed by atoms with Crippen molar-refractivity contribution < 1.29 is 23.5 Å². The van der Waals surface area contributed by atoms with Crippen molar-refractivity contribution >= 4 is 40.1 Å². The Bertz CT molecular complexity index is 1610. The molecule has 0 spiro atoms. The molecular formula is C30H30FN7O4. The molecule has 42 heavy (non-hydrogen) atoms. The summed E-state index contributed by atoms with van der Waals surface area (Å²) in [5.74, 6) is -0.704. The molecule has 0 aliphatic carbocycles. The van der Waals surface area contributed by atoms with E-state index in [1.54, 1.807) is 40.3 Å². The number of morpholine rings is 1. The highest BCUT2D eigenvalue weighted by Crippen LogP contribution is 2.23. The molecule has 12 heteroatoms. The lowest BCUT2D eigenvalue weighted by Gasteiger charge is -2.34. The summed E-state index contributed by atoms with van der Waals surface area (Å²) in [6.07, 6.45) is 1.65. The van der Waals surface area contributed by atoms with Crippen molar-refractivity contribution in [2.75, 3.05) is 62.7 Å². The largest absolute Gasteiger partial charge is 0.378 e. The zero-order chi connectivity index (χ0) is 29.1. The zero-order valence-electron chi connectivity index (χ0n) is 22.9. The van der Waals surface area contributed by atoms with E-state index in [0.717, 1.165) is 0 Å². The Kier molecular flexibility index (Phi) is 7.78. The summed E-state index contributed by atoms with van der Waals surface area (Å²) in [6, 6.07) is 17.0. The number of aromatic nitrogens is 3. The van der Waals surface area contributed by atoms with Crippen LogP contribution in [0.25, 0.3) is 10.9 Å². The summed E-state index contributed by atoms with van der Waals surface area (Å²) in [6.45, 7) is 4.25. The van der Waals surface area contributed by atoms with Gasteiger partial charge >= 0.3 is 0 Å². The fraction of sp³-hybridized carbons (Fsp3) is 0.300. The minimum Gasteiger partial charge on any atom is -0.378 e. The number of amides is 3. The number of rotatable bonds is 6. The van der Waals surface area contributed by atoms with Gasteiger partial charge in [-0.25, -0.2) is 9.37 Å². The third-order valence-electron chi connectivity index (χ3n) is 7.43. The molecule has 2 aromatic heterocycles. The third-order valence-corrected chi connectivity index (χ3v) is 7.43. The summed E-state index contributed by atoms with van der Waals surface area (Å²) in [5.41, 5.74) is 1.16. The first-order valence-electron chi connectivity index (χ1n) is 13.8. The number of benzene rings is 2. The van der Waals surface area contributed by atoms with E-state index in [4.69, 9.17) is 4.74 Å².